The number of carbonyl (C=O) groups is 1. The molecule has 168 valence electrons. The van der Waals surface area contributed by atoms with Crippen molar-refractivity contribution in [3.8, 4) is 34.5 Å². The van der Waals surface area contributed by atoms with Gasteiger partial charge in [-0.2, -0.15) is 4.98 Å². The Hall–Kier alpha value is -4.07. The molecule has 5 rings (SSSR count). The van der Waals surface area contributed by atoms with E-state index in [0.29, 0.717) is 35.5 Å². The number of nitrogens with zero attached hydrogens (tertiary/aromatic N) is 4. The van der Waals surface area contributed by atoms with Crippen molar-refractivity contribution in [2.75, 3.05) is 20.8 Å². The van der Waals surface area contributed by atoms with Crippen LogP contribution in [0.3, 0.4) is 0 Å². The number of hydrogen-bond acceptors (Lipinski definition) is 6. The van der Waals surface area contributed by atoms with Gasteiger partial charge in [-0.1, -0.05) is 29.4 Å². The Kier molecular flexibility index (Phi) is 5.56. The molecule has 1 aliphatic rings. The van der Waals surface area contributed by atoms with Crippen LogP contribution in [0.15, 0.2) is 65.3 Å². The maximum atomic E-state index is 13.0. The van der Waals surface area contributed by atoms with E-state index in [0.717, 1.165) is 18.5 Å². The highest BCUT2D eigenvalue weighted by atomic mass is 16.5. The first-order valence-electron chi connectivity index (χ1n) is 10.7. The van der Waals surface area contributed by atoms with Crippen LogP contribution in [-0.4, -0.2) is 46.3 Å². The Balaban J connectivity index is 1.34. The van der Waals surface area contributed by atoms with Crippen molar-refractivity contribution in [1.82, 2.24) is 19.6 Å². The molecule has 0 spiro atoms. The van der Waals surface area contributed by atoms with Gasteiger partial charge in [0.25, 0.3) is 5.89 Å². The molecule has 0 fully saturated rings. The normalized spacial score (nSPS) is 13.0. The lowest BCUT2D eigenvalue weighted by Crippen LogP contribution is -2.38. The molecule has 4 aromatic rings. The van der Waals surface area contributed by atoms with Gasteiger partial charge in [0.05, 0.1) is 14.2 Å². The summed E-state index contributed by atoms with van der Waals surface area (Å²) in [6.45, 7) is 1.56. The van der Waals surface area contributed by atoms with Crippen LogP contribution in [0.2, 0.25) is 0 Å². The molecule has 0 bridgehead atoms. The van der Waals surface area contributed by atoms with Crippen LogP contribution in [0.25, 0.3) is 23.0 Å². The van der Waals surface area contributed by atoms with E-state index in [2.05, 4.69) is 22.3 Å². The molecule has 0 unspecified atom stereocenters. The lowest BCUT2D eigenvalue weighted by molar-refractivity contribution is -0.132. The number of fused-ring (bicyclic) bond motifs is 1. The lowest BCUT2D eigenvalue weighted by Gasteiger charge is -2.29. The molecule has 0 atom stereocenters. The van der Waals surface area contributed by atoms with Gasteiger partial charge < -0.3 is 23.5 Å². The van der Waals surface area contributed by atoms with Crippen molar-refractivity contribution < 1.29 is 18.8 Å². The third-order valence-electron chi connectivity index (χ3n) is 5.91. The van der Waals surface area contributed by atoms with E-state index in [1.54, 1.807) is 26.4 Å². The zero-order chi connectivity index (χ0) is 22.8. The summed E-state index contributed by atoms with van der Waals surface area (Å²) >= 11 is 0. The smallest absolute Gasteiger partial charge is 0.274 e. The fourth-order valence-electron chi connectivity index (χ4n) is 4.12. The fraction of sp³-hybridized carbons (Fsp3) is 0.240. The number of benzene rings is 2. The summed E-state index contributed by atoms with van der Waals surface area (Å²) in [5, 5.41) is 4.12. The summed E-state index contributed by atoms with van der Waals surface area (Å²) in [6, 6.07) is 17.4. The summed E-state index contributed by atoms with van der Waals surface area (Å²) in [5.74, 6) is 2.04. The molecule has 0 radical (unpaired) electrons. The molecule has 0 aliphatic carbocycles. The third-order valence-corrected chi connectivity index (χ3v) is 5.91. The molecule has 0 saturated carbocycles. The average Bonchev–Trinajstić information content (AvgIpc) is 3.53. The quantitative estimate of drug-likeness (QED) is 0.450. The van der Waals surface area contributed by atoms with Gasteiger partial charge in [-0.15, -0.1) is 0 Å². The maximum Gasteiger partial charge on any atom is 0.274 e. The Morgan fingerprint density at radius 2 is 1.85 bits per heavy atom. The molecule has 33 heavy (non-hydrogen) atoms. The molecule has 8 nitrogen and oxygen atoms in total. The Bertz CT molecular complexity index is 1290. The van der Waals surface area contributed by atoms with Gasteiger partial charge in [-0.25, -0.2) is 0 Å². The zero-order valence-electron chi connectivity index (χ0n) is 18.5. The SMILES string of the molecule is COc1ccc(-c2noc(-c3cccn3CC(=O)N3CCc4ccccc4C3)n2)cc1OC. The van der Waals surface area contributed by atoms with Gasteiger partial charge in [0.15, 0.2) is 11.5 Å². The number of carbonyl (C=O) groups excluding carboxylic acids is 1. The molecule has 3 heterocycles. The van der Waals surface area contributed by atoms with Gasteiger partial charge >= 0.3 is 0 Å². The molecule has 1 amide bonds. The first-order chi connectivity index (χ1) is 16.2. The van der Waals surface area contributed by atoms with E-state index in [-0.39, 0.29) is 12.5 Å². The molecule has 8 heteroatoms. The Morgan fingerprint density at radius 3 is 2.67 bits per heavy atom. The van der Waals surface area contributed by atoms with E-state index in [9.17, 15) is 4.79 Å². The largest absolute Gasteiger partial charge is 0.493 e. The minimum absolute atomic E-state index is 0.0570. The second-order valence-electron chi connectivity index (χ2n) is 7.85. The number of amides is 1. The first kappa shape index (κ1) is 20.8. The predicted molar refractivity (Wildman–Crippen MR) is 122 cm³/mol. The standard InChI is InChI=1S/C25H24N4O4/c1-31-21-10-9-18(14-22(21)32-2)24-26-25(33-27-24)20-8-5-12-28(20)16-23(30)29-13-11-17-6-3-4-7-19(17)15-29/h3-10,12,14H,11,13,15-16H2,1-2H3. The van der Waals surface area contributed by atoms with Crippen molar-refractivity contribution in [2.24, 2.45) is 0 Å². The summed E-state index contributed by atoms with van der Waals surface area (Å²) in [7, 11) is 3.16. The number of rotatable bonds is 6. The predicted octanol–water partition coefficient (Wildman–Crippen LogP) is 3.81. The summed E-state index contributed by atoms with van der Waals surface area (Å²) in [5.41, 5.74) is 3.96. The molecule has 2 aromatic carbocycles. The van der Waals surface area contributed by atoms with Gasteiger partial charge in [0, 0.05) is 24.8 Å². The number of aromatic nitrogens is 3. The van der Waals surface area contributed by atoms with Crippen LogP contribution in [-0.2, 0) is 24.3 Å². The van der Waals surface area contributed by atoms with E-state index in [4.69, 9.17) is 14.0 Å². The second kappa shape index (κ2) is 8.82. The van der Waals surface area contributed by atoms with Crippen LogP contribution in [0.4, 0.5) is 0 Å². The number of hydrogen-bond donors (Lipinski definition) is 0. The van der Waals surface area contributed by atoms with Crippen molar-refractivity contribution in [3.05, 3.63) is 71.9 Å². The van der Waals surface area contributed by atoms with Crippen LogP contribution in [0.1, 0.15) is 11.1 Å². The molecular formula is C25H24N4O4. The van der Waals surface area contributed by atoms with Crippen LogP contribution < -0.4 is 9.47 Å². The van der Waals surface area contributed by atoms with E-state index in [1.165, 1.54) is 11.1 Å². The van der Waals surface area contributed by atoms with Crippen LogP contribution >= 0.6 is 0 Å². The van der Waals surface area contributed by atoms with Gasteiger partial charge in [-0.05, 0) is 47.9 Å². The highest BCUT2D eigenvalue weighted by molar-refractivity contribution is 5.77. The summed E-state index contributed by atoms with van der Waals surface area (Å²) in [4.78, 5) is 19.5. The highest BCUT2D eigenvalue weighted by Gasteiger charge is 2.22. The van der Waals surface area contributed by atoms with E-state index >= 15 is 0 Å². The highest BCUT2D eigenvalue weighted by Crippen LogP contribution is 2.32. The third kappa shape index (κ3) is 4.07. The van der Waals surface area contributed by atoms with E-state index < -0.39 is 0 Å². The topological polar surface area (TPSA) is 82.6 Å². The van der Waals surface area contributed by atoms with Gasteiger partial charge in [0.1, 0.15) is 12.2 Å². The van der Waals surface area contributed by atoms with Crippen LogP contribution in [0, 0.1) is 0 Å². The molecule has 0 saturated heterocycles. The maximum absolute atomic E-state index is 13.0. The number of methoxy groups -OCH3 is 2. The monoisotopic (exact) mass is 444 g/mol. The van der Waals surface area contributed by atoms with Gasteiger partial charge in [0.2, 0.25) is 11.7 Å². The molecule has 2 aromatic heterocycles. The number of ether oxygens (including phenoxy) is 2. The summed E-state index contributed by atoms with van der Waals surface area (Å²) < 4.78 is 18.0. The van der Waals surface area contributed by atoms with Crippen molar-refractivity contribution in [1.29, 1.82) is 0 Å². The second-order valence-corrected chi connectivity index (χ2v) is 7.85. The first-order valence-corrected chi connectivity index (χ1v) is 10.7. The van der Waals surface area contributed by atoms with Gasteiger partial charge in [-0.3, -0.25) is 4.79 Å². The Morgan fingerprint density at radius 1 is 1.03 bits per heavy atom. The molecular weight excluding hydrogens is 420 g/mol. The minimum atomic E-state index is 0.0570. The van der Waals surface area contributed by atoms with Crippen LogP contribution in [0.5, 0.6) is 11.5 Å². The minimum Gasteiger partial charge on any atom is -0.493 e. The van der Waals surface area contributed by atoms with Crippen molar-refractivity contribution in [3.63, 3.8) is 0 Å². The lowest BCUT2D eigenvalue weighted by atomic mass is 10.00. The fourth-order valence-corrected chi connectivity index (χ4v) is 4.12. The zero-order valence-corrected chi connectivity index (χ0v) is 18.5. The average molecular weight is 444 g/mol. The summed E-state index contributed by atoms with van der Waals surface area (Å²) in [6.07, 6.45) is 2.73. The Labute approximate surface area is 191 Å². The molecule has 0 N–H and O–H groups in total. The molecule has 1 aliphatic heterocycles. The van der Waals surface area contributed by atoms with Crippen molar-refractivity contribution >= 4 is 5.91 Å². The van der Waals surface area contributed by atoms with E-state index in [1.807, 2.05) is 46.0 Å². The van der Waals surface area contributed by atoms with Crippen molar-refractivity contribution in [2.45, 2.75) is 19.5 Å².